The van der Waals surface area contributed by atoms with Crippen molar-refractivity contribution in [2.45, 2.75) is 58.2 Å². The highest BCUT2D eigenvalue weighted by molar-refractivity contribution is 6.04. The van der Waals surface area contributed by atoms with Gasteiger partial charge in [0, 0.05) is 50.6 Å². The van der Waals surface area contributed by atoms with Crippen LogP contribution in [0.25, 0.3) is 21.5 Å². The molecular formula is C33H39NO8. The van der Waals surface area contributed by atoms with E-state index in [1.807, 2.05) is 30.3 Å². The van der Waals surface area contributed by atoms with Crippen LogP contribution in [0.4, 0.5) is 4.79 Å². The molecule has 0 spiro atoms. The van der Waals surface area contributed by atoms with E-state index in [1.54, 1.807) is 4.90 Å². The zero-order valence-electron chi connectivity index (χ0n) is 24.3. The molecule has 1 atom stereocenters. The number of hydrogen-bond acceptors (Lipinski definition) is 8. The molecule has 3 aromatic rings. The Hall–Kier alpha value is -3.79. The minimum absolute atomic E-state index is 0.0311. The summed E-state index contributed by atoms with van der Waals surface area (Å²) in [5, 5.41) is 24.0. The Labute approximate surface area is 245 Å². The van der Waals surface area contributed by atoms with E-state index in [1.165, 1.54) is 19.9 Å². The molecule has 0 unspecified atom stereocenters. The van der Waals surface area contributed by atoms with Gasteiger partial charge < -0.3 is 29.3 Å². The molecule has 0 saturated heterocycles. The summed E-state index contributed by atoms with van der Waals surface area (Å²) in [6.45, 7) is 7.75. The molecule has 1 amide bonds. The van der Waals surface area contributed by atoms with Gasteiger partial charge in [0.2, 0.25) is 0 Å². The number of ketones is 1. The number of benzene rings is 3. The Kier molecular flexibility index (Phi) is 10.3. The standard InChI is InChI=1S/C33H39NO8/c1-4-16-41-32(38)34(13-7-15-35)14-8-17-40-21-30-26-11-12-33(39,22(2)36)20-29(26)31(42-23(3)37)28-19-25-10-6-5-9-24(25)18-27(28)30/h4-6,9-10,18-19,35,39H,1,7-8,11-17,20-21H2,2-3H3/t33-/m1/s1. The topological polar surface area (TPSA) is 123 Å². The number of esters is 1. The van der Waals surface area contributed by atoms with Crippen LogP contribution in [-0.4, -0.2) is 71.5 Å². The van der Waals surface area contributed by atoms with Gasteiger partial charge >= 0.3 is 12.1 Å². The van der Waals surface area contributed by atoms with Crippen molar-refractivity contribution in [3.05, 3.63) is 65.7 Å². The Morgan fingerprint density at radius 3 is 2.38 bits per heavy atom. The number of aliphatic hydroxyl groups is 2. The molecule has 0 radical (unpaired) electrons. The summed E-state index contributed by atoms with van der Waals surface area (Å²) in [7, 11) is 0. The van der Waals surface area contributed by atoms with Gasteiger partial charge in [0.05, 0.1) is 6.61 Å². The highest BCUT2D eigenvalue weighted by Crippen LogP contribution is 2.44. The lowest BCUT2D eigenvalue weighted by atomic mass is 9.75. The van der Waals surface area contributed by atoms with Gasteiger partial charge in [-0.15, -0.1) is 0 Å². The minimum atomic E-state index is -1.54. The van der Waals surface area contributed by atoms with E-state index in [-0.39, 0.29) is 38.4 Å². The summed E-state index contributed by atoms with van der Waals surface area (Å²) in [5.41, 5.74) is 0.950. The molecular weight excluding hydrogens is 538 g/mol. The summed E-state index contributed by atoms with van der Waals surface area (Å²) in [4.78, 5) is 38.6. The van der Waals surface area contributed by atoms with Gasteiger partial charge in [-0.3, -0.25) is 9.59 Å². The second-order valence-corrected chi connectivity index (χ2v) is 10.7. The summed E-state index contributed by atoms with van der Waals surface area (Å²) in [5.74, 6) is -0.431. The third kappa shape index (κ3) is 6.98. The van der Waals surface area contributed by atoms with Crippen molar-refractivity contribution in [3.8, 4) is 5.75 Å². The number of nitrogens with zero attached hydrogens (tertiary/aromatic N) is 1. The van der Waals surface area contributed by atoms with E-state index in [0.717, 1.165) is 27.3 Å². The molecule has 0 aliphatic heterocycles. The van der Waals surface area contributed by atoms with E-state index in [4.69, 9.17) is 14.2 Å². The molecule has 4 rings (SSSR count). The van der Waals surface area contributed by atoms with Gasteiger partial charge in [0.25, 0.3) is 0 Å². The van der Waals surface area contributed by atoms with E-state index in [9.17, 15) is 24.6 Å². The Balaban J connectivity index is 1.66. The largest absolute Gasteiger partial charge is 0.445 e. The highest BCUT2D eigenvalue weighted by atomic mass is 16.6. The lowest BCUT2D eigenvalue weighted by Gasteiger charge is -2.34. The predicted octanol–water partition coefficient (Wildman–Crippen LogP) is 4.64. The fourth-order valence-electron chi connectivity index (χ4n) is 5.56. The number of carbonyl (C=O) groups excluding carboxylic acids is 3. The smallest absolute Gasteiger partial charge is 0.410 e. The third-order valence-corrected chi connectivity index (χ3v) is 7.75. The lowest BCUT2D eigenvalue weighted by molar-refractivity contribution is -0.136. The van der Waals surface area contributed by atoms with Gasteiger partial charge in [0.1, 0.15) is 18.0 Å². The normalized spacial score (nSPS) is 16.2. The first kappa shape index (κ1) is 31.2. The summed E-state index contributed by atoms with van der Waals surface area (Å²) in [6.07, 6.45) is 2.75. The van der Waals surface area contributed by atoms with Crippen LogP contribution in [0.5, 0.6) is 5.75 Å². The van der Waals surface area contributed by atoms with E-state index in [2.05, 4.69) is 12.6 Å². The molecule has 42 heavy (non-hydrogen) atoms. The summed E-state index contributed by atoms with van der Waals surface area (Å²) in [6, 6.07) is 11.9. The number of Topliss-reactive ketones (excluding diaryl/α,β-unsaturated/α-hetero) is 1. The zero-order chi connectivity index (χ0) is 30.3. The number of aliphatic hydroxyl groups excluding tert-OH is 1. The first-order chi connectivity index (χ1) is 20.2. The molecule has 224 valence electrons. The zero-order valence-corrected chi connectivity index (χ0v) is 24.3. The number of amides is 1. The van der Waals surface area contributed by atoms with Crippen LogP contribution in [0.2, 0.25) is 0 Å². The van der Waals surface area contributed by atoms with Crippen LogP contribution in [0, 0.1) is 0 Å². The predicted molar refractivity (Wildman–Crippen MR) is 160 cm³/mol. The number of hydrogen-bond donors (Lipinski definition) is 2. The first-order valence-corrected chi connectivity index (χ1v) is 14.3. The fraction of sp³-hybridized carbons (Fsp3) is 0.424. The van der Waals surface area contributed by atoms with Crippen LogP contribution in [0.1, 0.15) is 49.8 Å². The maximum absolute atomic E-state index is 12.4. The van der Waals surface area contributed by atoms with Crippen LogP contribution < -0.4 is 4.74 Å². The van der Waals surface area contributed by atoms with Crippen molar-refractivity contribution in [2.75, 3.05) is 32.9 Å². The number of rotatable bonds is 13. The molecule has 0 fully saturated rings. The van der Waals surface area contributed by atoms with Crippen molar-refractivity contribution in [3.63, 3.8) is 0 Å². The van der Waals surface area contributed by atoms with Crippen molar-refractivity contribution >= 4 is 39.4 Å². The number of carbonyl (C=O) groups is 3. The minimum Gasteiger partial charge on any atom is -0.445 e. The van der Waals surface area contributed by atoms with Crippen molar-refractivity contribution in [2.24, 2.45) is 0 Å². The van der Waals surface area contributed by atoms with Crippen LogP contribution in [-0.2, 0) is 38.5 Å². The maximum atomic E-state index is 12.4. The van der Waals surface area contributed by atoms with Gasteiger partial charge in [-0.05, 0) is 72.0 Å². The molecule has 9 nitrogen and oxygen atoms in total. The monoisotopic (exact) mass is 577 g/mol. The molecule has 0 aromatic heterocycles. The Bertz CT molecular complexity index is 1480. The first-order valence-electron chi connectivity index (χ1n) is 14.3. The Morgan fingerprint density at radius 2 is 1.74 bits per heavy atom. The molecule has 2 N–H and O–H groups in total. The van der Waals surface area contributed by atoms with Crippen molar-refractivity contribution < 1.29 is 38.8 Å². The average molecular weight is 578 g/mol. The third-order valence-electron chi connectivity index (χ3n) is 7.75. The second kappa shape index (κ2) is 13.9. The van der Waals surface area contributed by atoms with Crippen LogP contribution in [0.15, 0.2) is 49.1 Å². The van der Waals surface area contributed by atoms with E-state index < -0.39 is 17.7 Å². The van der Waals surface area contributed by atoms with Gasteiger partial charge in [-0.1, -0.05) is 36.9 Å². The molecule has 9 heteroatoms. The molecule has 1 aliphatic carbocycles. The van der Waals surface area contributed by atoms with Crippen LogP contribution >= 0.6 is 0 Å². The summed E-state index contributed by atoms with van der Waals surface area (Å²) >= 11 is 0. The fourth-order valence-corrected chi connectivity index (χ4v) is 5.56. The quantitative estimate of drug-likeness (QED) is 0.0991. The molecule has 1 aliphatic rings. The van der Waals surface area contributed by atoms with Crippen LogP contribution in [0.3, 0.4) is 0 Å². The van der Waals surface area contributed by atoms with Gasteiger partial charge in [0.15, 0.2) is 5.78 Å². The maximum Gasteiger partial charge on any atom is 0.410 e. The molecule has 3 aromatic carbocycles. The van der Waals surface area contributed by atoms with Crippen molar-refractivity contribution in [1.29, 1.82) is 0 Å². The molecule has 0 heterocycles. The van der Waals surface area contributed by atoms with Gasteiger partial charge in [-0.2, -0.15) is 0 Å². The van der Waals surface area contributed by atoms with Crippen molar-refractivity contribution in [1.82, 2.24) is 4.90 Å². The lowest BCUT2D eigenvalue weighted by Crippen LogP contribution is -2.43. The molecule has 0 bridgehead atoms. The Morgan fingerprint density at radius 1 is 1.05 bits per heavy atom. The number of fused-ring (bicyclic) bond motifs is 3. The van der Waals surface area contributed by atoms with E-state index in [0.29, 0.717) is 55.7 Å². The second-order valence-electron chi connectivity index (χ2n) is 10.7. The SMILES string of the molecule is C=CCOC(=O)N(CCCO)CCCOCc1c2c(c(OC(C)=O)c3cc4ccccc4cc13)C[C@@](O)(C(C)=O)CC2. The van der Waals surface area contributed by atoms with Gasteiger partial charge in [-0.25, -0.2) is 4.79 Å². The summed E-state index contributed by atoms with van der Waals surface area (Å²) < 4.78 is 17.1. The highest BCUT2D eigenvalue weighted by Gasteiger charge is 2.40. The average Bonchev–Trinajstić information content (AvgIpc) is 2.97. The molecule has 0 saturated carbocycles. The van der Waals surface area contributed by atoms with E-state index >= 15 is 0 Å². The number of ether oxygens (including phenoxy) is 3.